The highest BCUT2D eigenvalue weighted by Gasteiger charge is 2.25. The van der Waals surface area contributed by atoms with Gasteiger partial charge in [0, 0.05) is 44.5 Å². The Bertz CT molecular complexity index is 1020. The molecular formula is C20H22FN5O. The number of hydrogen-bond acceptors (Lipinski definition) is 5. The monoisotopic (exact) mass is 367 g/mol. The number of rotatable bonds is 3. The lowest BCUT2D eigenvalue weighted by atomic mass is 10.1. The number of aryl methyl sites for hydroxylation is 1. The second-order valence-corrected chi connectivity index (χ2v) is 7.08. The number of nitrogens with zero attached hydrogens (tertiary/aromatic N) is 5. The first-order chi connectivity index (χ1) is 13.0. The van der Waals surface area contributed by atoms with Crippen LogP contribution < -0.4 is 10.5 Å². The SMILES string of the molecule is Cc1cccn2c(=O)cc(CN3CCN(c4ccc(F)cn4)C(C)C3)nc12. The summed E-state index contributed by atoms with van der Waals surface area (Å²) in [6.07, 6.45) is 3.00. The van der Waals surface area contributed by atoms with Crippen molar-refractivity contribution in [2.45, 2.75) is 26.4 Å². The van der Waals surface area contributed by atoms with Crippen LogP contribution in [0.25, 0.3) is 5.65 Å². The fourth-order valence-corrected chi connectivity index (χ4v) is 3.67. The van der Waals surface area contributed by atoms with E-state index in [0.717, 1.165) is 36.7 Å². The zero-order chi connectivity index (χ0) is 19.0. The predicted molar refractivity (Wildman–Crippen MR) is 102 cm³/mol. The molecule has 7 heteroatoms. The van der Waals surface area contributed by atoms with Crippen LogP contribution in [0.1, 0.15) is 18.2 Å². The minimum atomic E-state index is -0.325. The molecule has 1 aliphatic heterocycles. The van der Waals surface area contributed by atoms with E-state index in [1.54, 1.807) is 22.7 Å². The van der Waals surface area contributed by atoms with Gasteiger partial charge in [0.15, 0.2) is 0 Å². The Labute approximate surface area is 156 Å². The van der Waals surface area contributed by atoms with Crippen molar-refractivity contribution in [2.24, 2.45) is 0 Å². The van der Waals surface area contributed by atoms with Crippen molar-refractivity contribution in [3.63, 3.8) is 0 Å². The summed E-state index contributed by atoms with van der Waals surface area (Å²) < 4.78 is 14.7. The van der Waals surface area contributed by atoms with Crippen molar-refractivity contribution in [1.29, 1.82) is 0 Å². The summed E-state index contributed by atoms with van der Waals surface area (Å²) in [5.41, 5.74) is 2.43. The first-order valence-electron chi connectivity index (χ1n) is 9.10. The van der Waals surface area contributed by atoms with Gasteiger partial charge in [0.05, 0.1) is 11.9 Å². The average Bonchev–Trinajstić information content (AvgIpc) is 2.64. The van der Waals surface area contributed by atoms with Gasteiger partial charge in [0.2, 0.25) is 0 Å². The predicted octanol–water partition coefficient (Wildman–Crippen LogP) is 2.25. The van der Waals surface area contributed by atoms with Gasteiger partial charge >= 0.3 is 0 Å². The van der Waals surface area contributed by atoms with E-state index in [1.807, 2.05) is 19.1 Å². The Morgan fingerprint density at radius 2 is 2.11 bits per heavy atom. The molecular weight excluding hydrogens is 345 g/mol. The molecule has 0 amide bonds. The molecule has 0 aromatic carbocycles. The van der Waals surface area contributed by atoms with Crippen LogP contribution in [0.2, 0.25) is 0 Å². The number of piperazine rings is 1. The van der Waals surface area contributed by atoms with Gasteiger partial charge in [-0.3, -0.25) is 14.1 Å². The third kappa shape index (κ3) is 3.55. The van der Waals surface area contributed by atoms with Crippen molar-refractivity contribution >= 4 is 11.5 Å². The van der Waals surface area contributed by atoms with Crippen LogP contribution >= 0.6 is 0 Å². The van der Waals surface area contributed by atoms with E-state index in [-0.39, 0.29) is 17.4 Å². The lowest BCUT2D eigenvalue weighted by Crippen LogP contribution is -2.52. The van der Waals surface area contributed by atoms with Crippen molar-refractivity contribution in [3.05, 3.63) is 70.2 Å². The summed E-state index contributed by atoms with van der Waals surface area (Å²) in [5.74, 6) is 0.468. The van der Waals surface area contributed by atoms with Crippen molar-refractivity contribution < 1.29 is 4.39 Å². The van der Waals surface area contributed by atoms with E-state index >= 15 is 0 Å². The molecule has 1 unspecified atom stereocenters. The molecule has 140 valence electrons. The van der Waals surface area contributed by atoms with Crippen LogP contribution in [0.3, 0.4) is 0 Å². The molecule has 1 fully saturated rings. The minimum absolute atomic E-state index is 0.0547. The highest BCUT2D eigenvalue weighted by molar-refractivity contribution is 5.46. The Balaban J connectivity index is 1.50. The molecule has 6 nitrogen and oxygen atoms in total. The maximum Gasteiger partial charge on any atom is 0.258 e. The van der Waals surface area contributed by atoms with Gasteiger partial charge in [-0.05, 0) is 37.6 Å². The maximum absolute atomic E-state index is 13.1. The molecule has 0 saturated carbocycles. The van der Waals surface area contributed by atoms with Gasteiger partial charge in [-0.2, -0.15) is 0 Å². The Morgan fingerprint density at radius 3 is 2.85 bits per heavy atom. The molecule has 0 radical (unpaired) electrons. The topological polar surface area (TPSA) is 53.7 Å². The summed E-state index contributed by atoms with van der Waals surface area (Å²) in [4.78, 5) is 25.7. The summed E-state index contributed by atoms with van der Waals surface area (Å²) >= 11 is 0. The summed E-state index contributed by atoms with van der Waals surface area (Å²) in [6, 6.07) is 8.83. The fourth-order valence-electron chi connectivity index (χ4n) is 3.67. The van der Waals surface area contributed by atoms with Crippen LogP contribution in [0.4, 0.5) is 10.2 Å². The lowest BCUT2D eigenvalue weighted by Gasteiger charge is -2.40. The van der Waals surface area contributed by atoms with Crippen LogP contribution in [-0.4, -0.2) is 44.9 Å². The zero-order valence-corrected chi connectivity index (χ0v) is 15.5. The molecule has 1 atom stereocenters. The van der Waals surface area contributed by atoms with Gasteiger partial charge in [-0.25, -0.2) is 14.4 Å². The highest BCUT2D eigenvalue weighted by atomic mass is 19.1. The zero-order valence-electron chi connectivity index (χ0n) is 15.5. The summed E-state index contributed by atoms with van der Waals surface area (Å²) in [5, 5.41) is 0. The van der Waals surface area contributed by atoms with Gasteiger partial charge in [0.1, 0.15) is 17.3 Å². The van der Waals surface area contributed by atoms with Crippen LogP contribution in [-0.2, 0) is 6.54 Å². The van der Waals surface area contributed by atoms with Crippen LogP contribution in [0, 0.1) is 12.7 Å². The lowest BCUT2D eigenvalue weighted by molar-refractivity contribution is 0.218. The maximum atomic E-state index is 13.1. The molecule has 0 aliphatic carbocycles. The normalized spacial score (nSPS) is 18.2. The first-order valence-corrected chi connectivity index (χ1v) is 9.10. The third-order valence-corrected chi connectivity index (χ3v) is 5.04. The molecule has 0 N–H and O–H groups in total. The van der Waals surface area contributed by atoms with E-state index in [0.29, 0.717) is 12.2 Å². The van der Waals surface area contributed by atoms with E-state index in [1.165, 1.54) is 12.3 Å². The van der Waals surface area contributed by atoms with Gasteiger partial charge < -0.3 is 4.90 Å². The Morgan fingerprint density at radius 1 is 1.26 bits per heavy atom. The quantitative estimate of drug-likeness (QED) is 0.711. The molecule has 27 heavy (non-hydrogen) atoms. The highest BCUT2D eigenvalue weighted by Crippen LogP contribution is 2.19. The number of halogens is 1. The standard InChI is InChI=1S/C20H22FN5O/c1-14-4-3-7-26-19(27)10-17(23-20(14)26)13-24-8-9-25(15(2)12-24)18-6-5-16(21)11-22-18/h3-7,10-11,15H,8-9,12-13H2,1-2H3. The fraction of sp³-hybridized carbons (Fsp3) is 0.350. The van der Waals surface area contributed by atoms with E-state index in [2.05, 4.69) is 21.7 Å². The molecule has 1 aliphatic rings. The second-order valence-electron chi connectivity index (χ2n) is 7.08. The molecule has 3 aromatic heterocycles. The van der Waals surface area contributed by atoms with Crippen molar-refractivity contribution in [3.8, 4) is 0 Å². The van der Waals surface area contributed by atoms with Crippen LogP contribution in [0.5, 0.6) is 0 Å². The minimum Gasteiger partial charge on any atom is -0.351 e. The van der Waals surface area contributed by atoms with Gasteiger partial charge in [0.25, 0.3) is 5.56 Å². The van der Waals surface area contributed by atoms with Gasteiger partial charge in [-0.15, -0.1) is 0 Å². The Kier molecular flexibility index (Phi) is 4.61. The largest absolute Gasteiger partial charge is 0.351 e. The summed E-state index contributed by atoms with van der Waals surface area (Å²) in [7, 11) is 0. The smallest absolute Gasteiger partial charge is 0.258 e. The molecule has 0 spiro atoms. The molecule has 1 saturated heterocycles. The number of fused-ring (bicyclic) bond motifs is 1. The van der Waals surface area contributed by atoms with Crippen molar-refractivity contribution in [2.75, 3.05) is 24.5 Å². The van der Waals surface area contributed by atoms with E-state index in [9.17, 15) is 9.18 Å². The Hall–Kier alpha value is -2.80. The van der Waals surface area contributed by atoms with Crippen LogP contribution in [0.15, 0.2) is 47.5 Å². The number of aromatic nitrogens is 3. The summed E-state index contributed by atoms with van der Waals surface area (Å²) in [6.45, 7) is 7.18. The van der Waals surface area contributed by atoms with E-state index < -0.39 is 0 Å². The third-order valence-electron chi connectivity index (χ3n) is 5.04. The molecule has 4 rings (SSSR count). The molecule has 0 bridgehead atoms. The molecule has 4 heterocycles. The van der Waals surface area contributed by atoms with Gasteiger partial charge in [-0.1, -0.05) is 6.07 Å². The first kappa shape index (κ1) is 17.6. The second kappa shape index (κ2) is 7.08. The molecule has 3 aromatic rings. The van der Waals surface area contributed by atoms with E-state index in [4.69, 9.17) is 4.98 Å². The van der Waals surface area contributed by atoms with Crippen molar-refractivity contribution in [1.82, 2.24) is 19.3 Å². The average molecular weight is 367 g/mol. The number of anilines is 1. The number of hydrogen-bond donors (Lipinski definition) is 0. The number of pyridine rings is 2.